The van der Waals surface area contributed by atoms with Crippen molar-refractivity contribution in [3.63, 3.8) is 0 Å². The lowest BCUT2D eigenvalue weighted by Crippen LogP contribution is -1.96. The number of benzene rings is 5. The van der Waals surface area contributed by atoms with Gasteiger partial charge < -0.3 is 8.98 Å². The van der Waals surface area contributed by atoms with Crippen LogP contribution >= 0.6 is 0 Å². The van der Waals surface area contributed by atoms with Crippen LogP contribution in [0.1, 0.15) is 11.1 Å². The first-order valence-electron chi connectivity index (χ1n) is 13.6. The van der Waals surface area contributed by atoms with E-state index in [2.05, 4.69) is 120 Å². The number of para-hydroxylation sites is 2. The van der Waals surface area contributed by atoms with Crippen LogP contribution in [0, 0.1) is 13.8 Å². The highest BCUT2D eigenvalue weighted by Crippen LogP contribution is 2.36. The minimum absolute atomic E-state index is 0.820. The summed E-state index contributed by atoms with van der Waals surface area (Å²) in [5, 5.41) is 3.61. The van der Waals surface area contributed by atoms with E-state index in [1.807, 2.05) is 24.4 Å². The summed E-state index contributed by atoms with van der Waals surface area (Å²) in [6.07, 6.45) is 1.82. The smallest absolute Gasteiger partial charge is 0.153 e. The van der Waals surface area contributed by atoms with Gasteiger partial charge >= 0.3 is 0 Å². The van der Waals surface area contributed by atoms with Crippen molar-refractivity contribution in [3.8, 4) is 27.9 Å². The molecule has 0 spiro atoms. The Labute approximate surface area is 231 Å². The van der Waals surface area contributed by atoms with Crippen LogP contribution in [0.2, 0.25) is 0 Å². The second-order valence-electron chi connectivity index (χ2n) is 10.6. The maximum atomic E-state index is 5.98. The molecule has 0 amide bonds. The minimum atomic E-state index is 0.820. The predicted octanol–water partition coefficient (Wildman–Crippen LogP) is 10.0. The molecule has 0 radical (unpaired) electrons. The number of hydrogen-bond donors (Lipinski definition) is 0. The predicted molar refractivity (Wildman–Crippen MR) is 166 cm³/mol. The van der Waals surface area contributed by atoms with Crippen LogP contribution in [0.15, 0.2) is 126 Å². The van der Waals surface area contributed by atoms with Gasteiger partial charge in [0, 0.05) is 28.0 Å². The second kappa shape index (κ2) is 8.69. The fraction of sp³-hybridized carbons (Fsp3) is 0.0541. The van der Waals surface area contributed by atoms with Gasteiger partial charge in [0.15, 0.2) is 5.58 Å². The van der Waals surface area contributed by atoms with Crippen molar-refractivity contribution in [1.82, 2.24) is 9.55 Å². The van der Waals surface area contributed by atoms with Gasteiger partial charge in [0.25, 0.3) is 0 Å². The van der Waals surface area contributed by atoms with E-state index in [9.17, 15) is 0 Å². The lowest BCUT2D eigenvalue weighted by molar-refractivity contribution is 0.668. The third-order valence-electron chi connectivity index (χ3n) is 8.12. The highest BCUT2D eigenvalue weighted by atomic mass is 16.3. The Morgan fingerprint density at radius 2 is 1.20 bits per heavy atom. The summed E-state index contributed by atoms with van der Waals surface area (Å²) in [5.74, 6) is 0. The molecule has 0 aliphatic heterocycles. The molecule has 0 N–H and O–H groups in total. The van der Waals surface area contributed by atoms with Gasteiger partial charge in [-0.25, -0.2) is 0 Å². The van der Waals surface area contributed by atoms with Crippen molar-refractivity contribution in [3.05, 3.63) is 133 Å². The molecule has 3 aromatic heterocycles. The number of furan rings is 1. The van der Waals surface area contributed by atoms with Crippen LogP contribution in [-0.2, 0) is 0 Å². The Bertz CT molecular complexity index is 2200. The highest BCUT2D eigenvalue weighted by molar-refractivity contribution is 6.09. The molecular weight excluding hydrogens is 488 g/mol. The average molecular weight is 515 g/mol. The number of nitrogens with zero attached hydrogens (tertiary/aromatic N) is 2. The number of fused-ring (bicyclic) bond motifs is 6. The Hall–Kier alpha value is -5.15. The Balaban J connectivity index is 1.20. The zero-order valence-electron chi connectivity index (χ0n) is 22.3. The summed E-state index contributed by atoms with van der Waals surface area (Å²) < 4.78 is 8.35. The van der Waals surface area contributed by atoms with Crippen molar-refractivity contribution in [2.24, 2.45) is 0 Å². The normalized spacial score (nSPS) is 11.8. The van der Waals surface area contributed by atoms with Gasteiger partial charge in [-0.3, -0.25) is 4.98 Å². The molecule has 0 aliphatic carbocycles. The van der Waals surface area contributed by atoms with Crippen molar-refractivity contribution in [2.45, 2.75) is 13.8 Å². The molecule has 0 saturated heterocycles. The van der Waals surface area contributed by atoms with E-state index in [1.165, 1.54) is 55.3 Å². The molecule has 5 aromatic carbocycles. The van der Waals surface area contributed by atoms with Crippen molar-refractivity contribution >= 4 is 43.9 Å². The van der Waals surface area contributed by atoms with Gasteiger partial charge in [-0.2, -0.15) is 0 Å². The van der Waals surface area contributed by atoms with E-state index in [0.717, 1.165) is 27.6 Å². The van der Waals surface area contributed by atoms with E-state index in [1.54, 1.807) is 0 Å². The van der Waals surface area contributed by atoms with E-state index >= 15 is 0 Å². The summed E-state index contributed by atoms with van der Waals surface area (Å²) >= 11 is 0. The van der Waals surface area contributed by atoms with Gasteiger partial charge in [0.05, 0.1) is 11.0 Å². The third kappa shape index (κ3) is 3.41. The summed E-state index contributed by atoms with van der Waals surface area (Å²) in [4.78, 5) is 4.55. The number of aromatic nitrogens is 2. The van der Waals surface area contributed by atoms with Crippen molar-refractivity contribution < 1.29 is 4.42 Å². The fourth-order valence-electron chi connectivity index (χ4n) is 6.21. The second-order valence-corrected chi connectivity index (χ2v) is 10.6. The monoisotopic (exact) mass is 514 g/mol. The van der Waals surface area contributed by atoms with Crippen molar-refractivity contribution in [1.29, 1.82) is 0 Å². The first-order chi connectivity index (χ1) is 19.7. The van der Waals surface area contributed by atoms with E-state index in [4.69, 9.17) is 4.42 Å². The zero-order chi connectivity index (χ0) is 26.8. The van der Waals surface area contributed by atoms with Crippen LogP contribution in [0.5, 0.6) is 0 Å². The largest absolute Gasteiger partial charge is 0.454 e. The molecule has 8 rings (SSSR count). The highest BCUT2D eigenvalue weighted by Gasteiger charge is 2.14. The van der Waals surface area contributed by atoms with Gasteiger partial charge in [-0.1, -0.05) is 66.7 Å². The van der Waals surface area contributed by atoms with Crippen LogP contribution in [0.3, 0.4) is 0 Å². The van der Waals surface area contributed by atoms with Gasteiger partial charge in [-0.15, -0.1) is 0 Å². The summed E-state index contributed by atoms with van der Waals surface area (Å²) in [5.41, 5.74) is 13.6. The molecule has 0 saturated carbocycles. The molecule has 3 nitrogen and oxygen atoms in total. The van der Waals surface area contributed by atoms with Crippen LogP contribution in [-0.4, -0.2) is 9.55 Å². The van der Waals surface area contributed by atoms with Gasteiger partial charge in [0.1, 0.15) is 11.1 Å². The van der Waals surface area contributed by atoms with Crippen LogP contribution in [0.4, 0.5) is 0 Å². The lowest BCUT2D eigenvalue weighted by atomic mass is 9.93. The minimum Gasteiger partial charge on any atom is -0.454 e. The standard InChI is InChI=1S/C37H26N2O/c1-23-20-25(26-14-18-35-32(22-26)37-36(40-35)12-7-19-38-37)13-16-28(23)29-17-15-27(21-24(29)2)39-33-10-5-3-8-30(33)31-9-4-6-11-34(31)39/h3-22H,1-2H3. The number of aryl methyl sites for hydroxylation is 2. The SMILES string of the molecule is Cc1cc(-c2ccc3oc4cccnc4c3c2)ccc1-c1ccc(-n2c3ccccc3c3ccccc32)cc1C. The molecule has 0 fully saturated rings. The first kappa shape index (κ1) is 22.8. The summed E-state index contributed by atoms with van der Waals surface area (Å²) in [6.45, 7) is 4.41. The van der Waals surface area contributed by atoms with Crippen LogP contribution in [0.25, 0.3) is 71.8 Å². The Kier molecular flexibility index (Phi) is 4.95. The van der Waals surface area contributed by atoms with E-state index in [-0.39, 0.29) is 0 Å². The zero-order valence-corrected chi connectivity index (χ0v) is 22.3. The summed E-state index contributed by atoms with van der Waals surface area (Å²) in [7, 11) is 0. The number of pyridine rings is 1. The molecule has 190 valence electrons. The molecule has 3 heterocycles. The maximum Gasteiger partial charge on any atom is 0.153 e. The molecule has 0 unspecified atom stereocenters. The van der Waals surface area contributed by atoms with Gasteiger partial charge in [0.2, 0.25) is 0 Å². The van der Waals surface area contributed by atoms with Gasteiger partial charge in [-0.05, 0) is 95.8 Å². The molecule has 3 heteroatoms. The topological polar surface area (TPSA) is 31.0 Å². The molecule has 0 aliphatic rings. The molecule has 8 aromatic rings. The van der Waals surface area contributed by atoms with E-state index < -0.39 is 0 Å². The number of rotatable bonds is 3. The lowest BCUT2D eigenvalue weighted by Gasteiger charge is -2.15. The maximum absolute atomic E-state index is 5.98. The third-order valence-corrected chi connectivity index (χ3v) is 8.12. The average Bonchev–Trinajstić information content (AvgIpc) is 3.53. The van der Waals surface area contributed by atoms with Crippen molar-refractivity contribution in [2.75, 3.05) is 0 Å². The quantitative estimate of drug-likeness (QED) is 0.235. The molecule has 0 atom stereocenters. The summed E-state index contributed by atoms with van der Waals surface area (Å²) in [6, 6.07) is 41.1. The Morgan fingerprint density at radius 3 is 1.93 bits per heavy atom. The van der Waals surface area contributed by atoms with E-state index in [0.29, 0.717) is 0 Å². The molecule has 40 heavy (non-hydrogen) atoms. The Morgan fingerprint density at radius 1 is 0.550 bits per heavy atom. The first-order valence-corrected chi connectivity index (χ1v) is 13.6. The number of hydrogen-bond acceptors (Lipinski definition) is 2. The fourth-order valence-corrected chi connectivity index (χ4v) is 6.21. The molecular formula is C37H26N2O. The molecule has 0 bridgehead atoms. The van der Waals surface area contributed by atoms with Crippen LogP contribution < -0.4 is 0 Å².